The zero-order valence-corrected chi connectivity index (χ0v) is 13.0. The first-order valence-electron chi connectivity index (χ1n) is 6.56. The van der Waals surface area contributed by atoms with Crippen LogP contribution in [0.1, 0.15) is 17.3 Å². The smallest absolute Gasteiger partial charge is 0.161 e. The molecule has 3 aromatic rings. The summed E-state index contributed by atoms with van der Waals surface area (Å²) >= 11 is 3.48. The van der Waals surface area contributed by atoms with E-state index in [1.54, 1.807) is 13.1 Å². The van der Waals surface area contributed by atoms with Gasteiger partial charge in [-0.15, -0.1) is 0 Å². The van der Waals surface area contributed by atoms with Gasteiger partial charge in [-0.1, -0.05) is 28.1 Å². The van der Waals surface area contributed by atoms with Crippen LogP contribution in [0.25, 0.3) is 10.9 Å². The Balaban J connectivity index is 2.11. The Bertz CT molecular complexity index is 830. The van der Waals surface area contributed by atoms with E-state index in [1.165, 1.54) is 0 Å². The molecule has 4 heteroatoms. The van der Waals surface area contributed by atoms with Crippen LogP contribution in [0.4, 0.5) is 11.4 Å². The monoisotopic (exact) mass is 340 g/mol. The molecule has 0 amide bonds. The Morgan fingerprint density at radius 3 is 2.71 bits per heavy atom. The Labute approximate surface area is 131 Å². The molecule has 1 aromatic heterocycles. The van der Waals surface area contributed by atoms with Gasteiger partial charge in [-0.2, -0.15) is 0 Å². The Kier molecular flexibility index (Phi) is 3.71. The van der Waals surface area contributed by atoms with Gasteiger partial charge in [0.2, 0.25) is 0 Å². The molecule has 3 nitrogen and oxygen atoms in total. The Hall–Kier alpha value is -2.20. The van der Waals surface area contributed by atoms with Gasteiger partial charge in [0, 0.05) is 33.0 Å². The summed E-state index contributed by atoms with van der Waals surface area (Å²) in [7, 11) is 0. The van der Waals surface area contributed by atoms with Gasteiger partial charge in [0.25, 0.3) is 0 Å². The van der Waals surface area contributed by atoms with E-state index < -0.39 is 0 Å². The fourth-order valence-electron chi connectivity index (χ4n) is 2.27. The van der Waals surface area contributed by atoms with E-state index in [-0.39, 0.29) is 5.78 Å². The largest absolute Gasteiger partial charge is 0.354 e. The Morgan fingerprint density at radius 1 is 1.10 bits per heavy atom. The fourth-order valence-corrected chi connectivity index (χ4v) is 2.63. The van der Waals surface area contributed by atoms with Crippen molar-refractivity contribution in [3.8, 4) is 0 Å². The molecule has 0 aliphatic rings. The third-order valence-electron chi connectivity index (χ3n) is 3.28. The average Bonchev–Trinajstić information content (AvgIpc) is 2.48. The molecule has 2 aromatic carbocycles. The van der Waals surface area contributed by atoms with Crippen molar-refractivity contribution in [2.45, 2.75) is 6.92 Å². The summed E-state index contributed by atoms with van der Waals surface area (Å²) in [6, 6.07) is 15.3. The maximum absolute atomic E-state index is 11.7. The van der Waals surface area contributed by atoms with Gasteiger partial charge in [0.15, 0.2) is 5.78 Å². The first-order chi connectivity index (χ1) is 10.1. The van der Waals surface area contributed by atoms with Crippen molar-refractivity contribution >= 4 is 44.0 Å². The summed E-state index contributed by atoms with van der Waals surface area (Å²) in [5.74, 6) is 0.0395. The summed E-state index contributed by atoms with van der Waals surface area (Å²) in [5.41, 5.74) is 3.31. The zero-order valence-electron chi connectivity index (χ0n) is 11.4. The van der Waals surface area contributed by atoms with Crippen molar-refractivity contribution in [3.05, 3.63) is 64.8 Å². The number of fused-ring (bicyclic) bond motifs is 1. The standard InChI is InChI=1S/C17H13BrN2O/c1-11(21)13-4-2-3-5-16(13)20-17-8-9-19-15-7-6-12(18)10-14(15)17/h2-10H,1H3,(H,19,20). The maximum Gasteiger partial charge on any atom is 0.161 e. The molecule has 1 heterocycles. The molecule has 0 saturated heterocycles. The molecule has 0 aliphatic carbocycles. The van der Waals surface area contributed by atoms with Crippen LogP contribution < -0.4 is 5.32 Å². The lowest BCUT2D eigenvalue weighted by Gasteiger charge is -2.12. The number of aromatic nitrogens is 1. The van der Waals surface area contributed by atoms with Gasteiger partial charge in [-0.3, -0.25) is 9.78 Å². The number of hydrogen-bond acceptors (Lipinski definition) is 3. The van der Waals surface area contributed by atoms with E-state index >= 15 is 0 Å². The number of rotatable bonds is 3. The van der Waals surface area contributed by atoms with Gasteiger partial charge >= 0.3 is 0 Å². The highest BCUT2D eigenvalue weighted by Crippen LogP contribution is 2.29. The predicted molar refractivity (Wildman–Crippen MR) is 89.2 cm³/mol. The number of Topliss-reactive ketones (excluding diaryl/α,β-unsaturated/α-hetero) is 1. The quantitative estimate of drug-likeness (QED) is 0.686. The second-order valence-electron chi connectivity index (χ2n) is 4.75. The highest BCUT2D eigenvalue weighted by Gasteiger charge is 2.08. The number of carbonyl (C=O) groups is 1. The molecule has 0 aliphatic heterocycles. The summed E-state index contributed by atoms with van der Waals surface area (Å²) < 4.78 is 0.992. The van der Waals surface area contributed by atoms with Crippen molar-refractivity contribution < 1.29 is 4.79 Å². The first-order valence-corrected chi connectivity index (χ1v) is 7.36. The van der Waals surface area contributed by atoms with Crippen LogP contribution in [0.5, 0.6) is 0 Å². The molecule has 1 N–H and O–H groups in total. The van der Waals surface area contributed by atoms with Crippen LogP contribution in [-0.4, -0.2) is 10.8 Å². The molecule has 3 rings (SSSR count). The average molecular weight is 341 g/mol. The minimum Gasteiger partial charge on any atom is -0.354 e. The number of ketones is 1. The lowest BCUT2D eigenvalue weighted by atomic mass is 10.1. The maximum atomic E-state index is 11.7. The van der Waals surface area contributed by atoms with Crippen LogP contribution in [0.2, 0.25) is 0 Å². The lowest BCUT2D eigenvalue weighted by Crippen LogP contribution is -2.00. The number of nitrogens with one attached hydrogen (secondary N) is 1. The van der Waals surface area contributed by atoms with E-state index in [4.69, 9.17) is 0 Å². The van der Waals surface area contributed by atoms with E-state index in [1.807, 2.05) is 48.5 Å². The van der Waals surface area contributed by atoms with Gasteiger partial charge in [0.05, 0.1) is 5.52 Å². The third kappa shape index (κ3) is 2.81. The van der Waals surface area contributed by atoms with E-state index in [0.29, 0.717) is 5.56 Å². The van der Waals surface area contributed by atoms with Crippen LogP contribution in [0, 0.1) is 0 Å². The van der Waals surface area contributed by atoms with Crippen LogP contribution in [0.15, 0.2) is 59.2 Å². The summed E-state index contributed by atoms with van der Waals surface area (Å²) in [6.45, 7) is 1.57. The number of carbonyl (C=O) groups excluding carboxylic acids is 1. The molecular formula is C17H13BrN2O. The van der Waals surface area contributed by atoms with E-state index in [2.05, 4.69) is 26.2 Å². The van der Waals surface area contributed by atoms with Crippen molar-refractivity contribution in [1.82, 2.24) is 4.98 Å². The molecular weight excluding hydrogens is 328 g/mol. The number of anilines is 2. The number of pyridine rings is 1. The molecule has 0 bridgehead atoms. The van der Waals surface area contributed by atoms with E-state index in [0.717, 1.165) is 26.8 Å². The van der Waals surface area contributed by atoms with Crippen LogP contribution in [-0.2, 0) is 0 Å². The first kappa shape index (κ1) is 13.8. The number of para-hydroxylation sites is 1. The minimum atomic E-state index is 0.0395. The normalized spacial score (nSPS) is 10.6. The van der Waals surface area contributed by atoms with Crippen molar-refractivity contribution in [2.24, 2.45) is 0 Å². The molecule has 0 spiro atoms. The highest BCUT2D eigenvalue weighted by atomic mass is 79.9. The number of halogens is 1. The van der Waals surface area contributed by atoms with E-state index in [9.17, 15) is 4.79 Å². The third-order valence-corrected chi connectivity index (χ3v) is 3.77. The SMILES string of the molecule is CC(=O)c1ccccc1Nc1ccnc2ccc(Br)cc12. The number of benzene rings is 2. The topological polar surface area (TPSA) is 42.0 Å². The summed E-state index contributed by atoms with van der Waals surface area (Å²) in [4.78, 5) is 16.1. The van der Waals surface area contributed by atoms with Crippen molar-refractivity contribution in [3.63, 3.8) is 0 Å². The van der Waals surface area contributed by atoms with Gasteiger partial charge in [-0.05, 0) is 43.3 Å². The molecule has 0 unspecified atom stereocenters. The minimum absolute atomic E-state index is 0.0395. The zero-order chi connectivity index (χ0) is 14.8. The summed E-state index contributed by atoms with van der Waals surface area (Å²) in [6.07, 6.45) is 1.76. The van der Waals surface area contributed by atoms with Crippen LogP contribution in [0.3, 0.4) is 0 Å². The predicted octanol–water partition coefficient (Wildman–Crippen LogP) is 4.94. The van der Waals surface area contributed by atoms with Crippen molar-refractivity contribution in [2.75, 3.05) is 5.32 Å². The Morgan fingerprint density at radius 2 is 1.90 bits per heavy atom. The summed E-state index contributed by atoms with van der Waals surface area (Å²) in [5, 5.41) is 4.35. The molecule has 0 atom stereocenters. The molecule has 0 radical (unpaired) electrons. The number of hydrogen-bond donors (Lipinski definition) is 1. The highest BCUT2D eigenvalue weighted by molar-refractivity contribution is 9.10. The molecule has 21 heavy (non-hydrogen) atoms. The van der Waals surface area contributed by atoms with Crippen molar-refractivity contribution in [1.29, 1.82) is 0 Å². The van der Waals surface area contributed by atoms with Gasteiger partial charge < -0.3 is 5.32 Å². The molecule has 0 fully saturated rings. The number of nitrogens with zero attached hydrogens (tertiary/aromatic N) is 1. The van der Waals surface area contributed by atoms with Crippen LogP contribution >= 0.6 is 15.9 Å². The molecule has 104 valence electrons. The second-order valence-corrected chi connectivity index (χ2v) is 5.66. The lowest BCUT2D eigenvalue weighted by molar-refractivity contribution is 0.101. The fraction of sp³-hybridized carbons (Fsp3) is 0.0588. The second kappa shape index (κ2) is 5.66. The molecule has 0 saturated carbocycles. The van der Waals surface area contributed by atoms with Gasteiger partial charge in [0.1, 0.15) is 0 Å². The van der Waals surface area contributed by atoms with Gasteiger partial charge in [-0.25, -0.2) is 0 Å².